The highest BCUT2D eigenvalue weighted by molar-refractivity contribution is 5.98. The number of methoxy groups -OCH3 is 1. The Labute approximate surface area is 161 Å². The van der Waals surface area contributed by atoms with E-state index in [0.29, 0.717) is 11.7 Å². The van der Waals surface area contributed by atoms with Crippen LogP contribution in [-0.4, -0.2) is 35.7 Å². The minimum atomic E-state index is -0.656. The summed E-state index contributed by atoms with van der Waals surface area (Å²) in [6.45, 7) is 9.53. The van der Waals surface area contributed by atoms with Crippen molar-refractivity contribution in [3.05, 3.63) is 36.5 Å². The average molecular weight is 374 g/mol. The molecule has 0 saturated carbocycles. The number of carbonyl (C=O) groups excluding carboxylic acids is 2. The van der Waals surface area contributed by atoms with E-state index in [-0.39, 0.29) is 11.9 Å². The van der Waals surface area contributed by atoms with Gasteiger partial charge in [-0.15, -0.1) is 0 Å². The Morgan fingerprint density at radius 3 is 2.52 bits per heavy atom. The topological polar surface area (TPSA) is 67.9 Å². The van der Waals surface area contributed by atoms with E-state index < -0.39 is 17.6 Å². The molecule has 0 fully saturated rings. The zero-order valence-electron chi connectivity index (χ0n) is 17.0. The largest absolute Gasteiger partial charge is 0.495 e. The van der Waals surface area contributed by atoms with Crippen molar-refractivity contribution in [1.29, 1.82) is 0 Å². The van der Waals surface area contributed by atoms with Crippen molar-refractivity contribution in [1.82, 2.24) is 4.90 Å². The van der Waals surface area contributed by atoms with Gasteiger partial charge in [0.15, 0.2) is 0 Å². The van der Waals surface area contributed by atoms with E-state index in [9.17, 15) is 9.59 Å². The van der Waals surface area contributed by atoms with Crippen molar-refractivity contribution in [2.75, 3.05) is 12.4 Å². The van der Waals surface area contributed by atoms with Gasteiger partial charge in [0.1, 0.15) is 11.4 Å². The predicted molar refractivity (Wildman–Crippen MR) is 106 cm³/mol. The van der Waals surface area contributed by atoms with E-state index in [4.69, 9.17) is 9.47 Å². The van der Waals surface area contributed by atoms with Gasteiger partial charge in [0.05, 0.1) is 18.7 Å². The molecule has 1 heterocycles. The SMILES string of the molecule is COc1ccccc1NC(CC(C)C)C1C=CN(C(=O)OC(C)(C)C)C1=O. The molecule has 2 amide bonds. The molecule has 148 valence electrons. The first-order valence-electron chi connectivity index (χ1n) is 9.26. The second-order valence-electron chi connectivity index (χ2n) is 8.14. The Morgan fingerprint density at radius 1 is 1.26 bits per heavy atom. The van der Waals surface area contributed by atoms with Gasteiger partial charge >= 0.3 is 6.09 Å². The van der Waals surface area contributed by atoms with E-state index in [2.05, 4.69) is 19.2 Å². The smallest absolute Gasteiger partial charge is 0.421 e. The van der Waals surface area contributed by atoms with Crippen molar-refractivity contribution in [2.45, 2.75) is 52.7 Å². The average Bonchev–Trinajstić information content (AvgIpc) is 2.94. The first kappa shape index (κ1) is 20.8. The van der Waals surface area contributed by atoms with Crippen molar-refractivity contribution in [3.63, 3.8) is 0 Å². The summed E-state index contributed by atoms with van der Waals surface area (Å²) in [5, 5.41) is 3.43. The number of hydrogen-bond donors (Lipinski definition) is 1. The number of ether oxygens (including phenoxy) is 2. The summed E-state index contributed by atoms with van der Waals surface area (Å²) in [5.74, 6) is 0.348. The van der Waals surface area contributed by atoms with Crippen LogP contribution in [-0.2, 0) is 9.53 Å². The molecular weight excluding hydrogens is 344 g/mol. The summed E-state index contributed by atoms with van der Waals surface area (Å²) in [7, 11) is 1.61. The number of para-hydroxylation sites is 2. The second kappa shape index (κ2) is 8.46. The van der Waals surface area contributed by atoms with Crippen LogP contribution in [0, 0.1) is 11.8 Å². The molecule has 0 radical (unpaired) electrons. The molecule has 0 aromatic heterocycles. The van der Waals surface area contributed by atoms with Crippen LogP contribution in [0.1, 0.15) is 41.0 Å². The van der Waals surface area contributed by atoms with Crippen molar-refractivity contribution < 1.29 is 19.1 Å². The van der Waals surface area contributed by atoms with Crippen molar-refractivity contribution in [3.8, 4) is 5.75 Å². The standard InChI is InChI=1S/C21H30N2O4/c1-14(2)13-17(22-16-9-7-8-10-18(16)26-6)15-11-12-23(19(15)24)20(25)27-21(3,4)5/h7-12,14-15,17,22H,13H2,1-6H3. The van der Waals surface area contributed by atoms with Crippen LogP contribution >= 0.6 is 0 Å². The molecule has 2 atom stereocenters. The summed E-state index contributed by atoms with van der Waals surface area (Å²) in [5.41, 5.74) is 0.165. The third-order valence-electron chi connectivity index (χ3n) is 4.16. The lowest BCUT2D eigenvalue weighted by molar-refractivity contribution is -0.129. The van der Waals surface area contributed by atoms with Crippen LogP contribution in [0.15, 0.2) is 36.5 Å². The number of hydrogen-bond acceptors (Lipinski definition) is 5. The first-order chi connectivity index (χ1) is 12.6. The molecule has 6 heteroatoms. The number of rotatable bonds is 6. The third kappa shape index (κ3) is 5.49. The zero-order valence-corrected chi connectivity index (χ0v) is 17.0. The van der Waals surface area contributed by atoms with Gasteiger partial charge in [-0.1, -0.05) is 32.1 Å². The molecule has 1 aliphatic rings. The Morgan fingerprint density at radius 2 is 1.93 bits per heavy atom. The van der Waals surface area contributed by atoms with Gasteiger partial charge in [-0.3, -0.25) is 4.79 Å². The highest BCUT2D eigenvalue weighted by atomic mass is 16.6. The van der Waals surface area contributed by atoms with Crippen LogP contribution in [0.5, 0.6) is 5.75 Å². The molecule has 6 nitrogen and oxygen atoms in total. The fourth-order valence-corrected chi connectivity index (χ4v) is 3.03. The molecule has 0 aliphatic carbocycles. The Kier molecular flexibility index (Phi) is 6.52. The van der Waals surface area contributed by atoms with Crippen molar-refractivity contribution >= 4 is 17.7 Å². The molecule has 0 bridgehead atoms. The van der Waals surface area contributed by atoms with Crippen LogP contribution in [0.2, 0.25) is 0 Å². The minimum Gasteiger partial charge on any atom is -0.495 e. The lowest BCUT2D eigenvalue weighted by Crippen LogP contribution is -2.41. The second-order valence-corrected chi connectivity index (χ2v) is 8.14. The van der Waals surface area contributed by atoms with Crippen LogP contribution in [0.4, 0.5) is 10.5 Å². The van der Waals surface area contributed by atoms with Gasteiger partial charge in [0.25, 0.3) is 0 Å². The Bertz CT molecular complexity index is 706. The molecule has 0 spiro atoms. The summed E-state index contributed by atoms with van der Waals surface area (Å²) in [6, 6.07) is 7.43. The quantitative estimate of drug-likeness (QED) is 0.798. The molecule has 1 aromatic carbocycles. The molecular formula is C21H30N2O4. The normalized spacial score (nSPS) is 18.0. The van der Waals surface area contributed by atoms with E-state index in [1.54, 1.807) is 34.0 Å². The highest BCUT2D eigenvalue weighted by Gasteiger charge is 2.38. The van der Waals surface area contributed by atoms with Gasteiger partial charge in [0, 0.05) is 12.2 Å². The first-order valence-corrected chi connectivity index (χ1v) is 9.26. The van der Waals surface area contributed by atoms with Gasteiger partial charge in [-0.25, -0.2) is 9.69 Å². The van der Waals surface area contributed by atoms with Crippen molar-refractivity contribution in [2.24, 2.45) is 11.8 Å². The van der Waals surface area contributed by atoms with Gasteiger partial charge in [0.2, 0.25) is 5.91 Å². The number of nitrogens with zero attached hydrogens (tertiary/aromatic N) is 1. The maximum absolute atomic E-state index is 12.9. The molecule has 1 aromatic rings. The van der Waals surface area contributed by atoms with Crippen LogP contribution in [0.25, 0.3) is 0 Å². The Balaban J connectivity index is 2.19. The maximum Gasteiger partial charge on any atom is 0.421 e. The number of anilines is 1. The maximum atomic E-state index is 12.9. The third-order valence-corrected chi connectivity index (χ3v) is 4.16. The number of nitrogens with one attached hydrogen (secondary N) is 1. The van der Waals surface area contributed by atoms with Crippen LogP contribution < -0.4 is 10.1 Å². The number of amides is 2. The van der Waals surface area contributed by atoms with E-state index in [1.165, 1.54) is 6.20 Å². The minimum absolute atomic E-state index is 0.169. The summed E-state index contributed by atoms with van der Waals surface area (Å²) < 4.78 is 10.7. The summed E-state index contributed by atoms with van der Waals surface area (Å²) >= 11 is 0. The van der Waals surface area contributed by atoms with Gasteiger partial charge < -0.3 is 14.8 Å². The lowest BCUT2D eigenvalue weighted by Gasteiger charge is -2.28. The Hall–Kier alpha value is -2.50. The van der Waals surface area contributed by atoms with E-state index in [1.807, 2.05) is 24.3 Å². The lowest BCUT2D eigenvalue weighted by atomic mass is 9.91. The summed E-state index contributed by atoms with van der Waals surface area (Å²) in [4.78, 5) is 26.3. The van der Waals surface area contributed by atoms with Crippen LogP contribution in [0.3, 0.4) is 0 Å². The molecule has 1 aliphatic heterocycles. The van der Waals surface area contributed by atoms with E-state index >= 15 is 0 Å². The summed E-state index contributed by atoms with van der Waals surface area (Å²) in [6.07, 6.45) is 3.40. The molecule has 27 heavy (non-hydrogen) atoms. The van der Waals surface area contributed by atoms with Gasteiger partial charge in [-0.2, -0.15) is 0 Å². The number of imide groups is 1. The molecule has 1 N–H and O–H groups in total. The monoisotopic (exact) mass is 374 g/mol. The predicted octanol–water partition coefficient (Wildman–Crippen LogP) is 4.43. The molecule has 0 saturated heterocycles. The number of carbonyl (C=O) groups is 2. The van der Waals surface area contributed by atoms with Gasteiger partial charge in [-0.05, 0) is 45.2 Å². The fourth-order valence-electron chi connectivity index (χ4n) is 3.03. The van der Waals surface area contributed by atoms with E-state index in [0.717, 1.165) is 17.0 Å². The zero-order chi connectivity index (χ0) is 20.2. The fraction of sp³-hybridized carbons (Fsp3) is 0.524. The highest BCUT2D eigenvalue weighted by Crippen LogP contribution is 2.30. The molecule has 2 unspecified atom stereocenters. The number of benzene rings is 1. The molecule has 2 rings (SSSR count).